The second kappa shape index (κ2) is 11.2. The van der Waals surface area contributed by atoms with Crippen molar-refractivity contribution >= 4 is 29.3 Å². The van der Waals surface area contributed by atoms with Gasteiger partial charge in [-0.05, 0) is 48.0 Å². The Kier molecular flexibility index (Phi) is 7.60. The number of hydrogen-bond donors (Lipinski definition) is 2. The number of nitrogens with one attached hydrogen (secondary N) is 2. The molecule has 0 aliphatic carbocycles. The normalized spacial score (nSPS) is 11.3. The maximum absolute atomic E-state index is 13.0. The number of pyridine rings is 1. The SMILES string of the molecule is O=C(Nc1ccc(Cl)cc1)OC(C(=O)NCc1ccc(-n2ccccc2=O)cc1)c1ccccc1. The number of ether oxygens (including phenoxy) is 1. The summed E-state index contributed by atoms with van der Waals surface area (Å²) in [6.45, 7) is 0.217. The van der Waals surface area contributed by atoms with E-state index in [0.717, 1.165) is 11.3 Å². The monoisotopic (exact) mass is 487 g/mol. The van der Waals surface area contributed by atoms with Crippen molar-refractivity contribution in [2.45, 2.75) is 12.6 Å². The first-order valence-corrected chi connectivity index (χ1v) is 11.2. The summed E-state index contributed by atoms with van der Waals surface area (Å²) in [5.41, 5.74) is 2.44. The van der Waals surface area contributed by atoms with Gasteiger partial charge in [-0.2, -0.15) is 0 Å². The third-order valence-corrected chi connectivity index (χ3v) is 5.41. The number of aromatic nitrogens is 1. The van der Waals surface area contributed by atoms with Gasteiger partial charge < -0.3 is 10.1 Å². The van der Waals surface area contributed by atoms with Crippen LogP contribution in [0.25, 0.3) is 5.69 Å². The van der Waals surface area contributed by atoms with E-state index in [2.05, 4.69) is 10.6 Å². The van der Waals surface area contributed by atoms with Crippen molar-refractivity contribution in [3.05, 3.63) is 130 Å². The Morgan fingerprint density at radius 3 is 2.23 bits per heavy atom. The number of carbonyl (C=O) groups excluding carboxylic acids is 2. The quantitative estimate of drug-likeness (QED) is 0.379. The van der Waals surface area contributed by atoms with E-state index in [1.54, 1.807) is 79.0 Å². The van der Waals surface area contributed by atoms with Crippen LogP contribution < -0.4 is 16.2 Å². The molecule has 0 radical (unpaired) electrons. The summed E-state index contributed by atoms with van der Waals surface area (Å²) >= 11 is 5.87. The molecule has 176 valence electrons. The Balaban J connectivity index is 1.42. The summed E-state index contributed by atoms with van der Waals surface area (Å²) in [4.78, 5) is 37.5. The van der Waals surface area contributed by atoms with Gasteiger partial charge in [-0.3, -0.25) is 19.5 Å². The van der Waals surface area contributed by atoms with E-state index in [0.29, 0.717) is 16.3 Å². The van der Waals surface area contributed by atoms with Crippen molar-refractivity contribution in [1.82, 2.24) is 9.88 Å². The van der Waals surface area contributed by atoms with Crippen LogP contribution in [0.2, 0.25) is 5.02 Å². The third-order valence-electron chi connectivity index (χ3n) is 5.16. The number of benzene rings is 3. The molecule has 0 fully saturated rings. The zero-order valence-electron chi connectivity index (χ0n) is 18.6. The van der Waals surface area contributed by atoms with Gasteiger partial charge in [0.25, 0.3) is 11.5 Å². The molecule has 3 aromatic carbocycles. The van der Waals surface area contributed by atoms with Crippen LogP contribution in [-0.2, 0) is 16.1 Å². The van der Waals surface area contributed by atoms with E-state index >= 15 is 0 Å². The molecule has 0 saturated carbocycles. The predicted octanol–water partition coefficient (Wildman–Crippen LogP) is 5.10. The Bertz CT molecular complexity index is 1350. The Hall–Kier alpha value is -4.36. The Labute approximate surface area is 206 Å². The van der Waals surface area contributed by atoms with Gasteiger partial charge >= 0.3 is 6.09 Å². The molecule has 1 aromatic heterocycles. The minimum atomic E-state index is -1.15. The molecule has 0 saturated heterocycles. The van der Waals surface area contributed by atoms with E-state index in [9.17, 15) is 14.4 Å². The molecule has 0 aliphatic rings. The molecule has 0 bridgehead atoms. The van der Waals surface area contributed by atoms with Crippen molar-refractivity contribution in [1.29, 1.82) is 0 Å². The smallest absolute Gasteiger partial charge is 0.412 e. The molecule has 4 aromatic rings. The number of amides is 2. The zero-order chi connectivity index (χ0) is 24.6. The van der Waals surface area contributed by atoms with Gasteiger partial charge in [0.15, 0.2) is 0 Å². The average Bonchev–Trinajstić information content (AvgIpc) is 2.88. The molecule has 7 nitrogen and oxygen atoms in total. The molecule has 2 N–H and O–H groups in total. The molecular formula is C27H22ClN3O4. The van der Waals surface area contributed by atoms with E-state index < -0.39 is 18.1 Å². The van der Waals surface area contributed by atoms with Crippen molar-refractivity contribution in [2.24, 2.45) is 0 Å². The van der Waals surface area contributed by atoms with E-state index in [1.165, 1.54) is 10.6 Å². The zero-order valence-corrected chi connectivity index (χ0v) is 19.3. The van der Waals surface area contributed by atoms with Crippen molar-refractivity contribution in [3.63, 3.8) is 0 Å². The fourth-order valence-corrected chi connectivity index (χ4v) is 3.51. The first kappa shape index (κ1) is 23.8. The van der Waals surface area contributed by atoms with Gasteiger partial charge in [-0.1, -0.05) is 60.1 Å². The van der Waals surface area contributed by atoms with Crippen LogP contribution in [0.3, 0.4) is 0 Å². The summed E-state index contributed by atoms with van der Waals surface area (Å²) in [6.07, 6.45) is -0.227. The van der Waals surface area contributed by atoms with Gasteiger partial charge in [0.2, 0.25) is 6.10 Å². The molecule has 1 heterocycles. The lowest BCUT2D eigenvalue weighted by Crippen LogP contribution is -2.32. The summed E-state index contributed by atoms with van der Waals surface area (Å²) < 4.78 is 7.01. The fraction of sp³-hybridized carbons (Fsp3) is 0.0741. The summed E-state index contributed by atoms with van der Waals surface area (Å²) in [5.74, 6) is -0.467. The Morgan fingerprint density at radius 2 is 1.54 bits per heavy atom. The van der Waals surface area contributed by atoms with Gasteiger partial charge in [0.1, 0.15) is 0 Å². The maximum atomic E-state index is 13.0. The number of nitrogens with zero attached hydrogens (tertiary/aromatic N) is 1. The van der Waals surface area contributed by atoms with E-state index in [4.69, 9.17) is 16.3 Å². The number of rotatable bonds is 7. The van der Waals surface area contributed by atoms with E-state index in [1.807, 2.05) is 18.2 Å². The minimum absolute atomic E-state index is 0.131. The highest BCUT2D eigenvalue weighted by molar-refractivity contribution is 6.30. The maximum Gasteiger partial charge on any atom is 0.412 e. The van der Waals surface area contributed by atoms with E-state index in [-0.39, 0.29) is 12.1 Å². The van der Waals surface area contributed by atoms with Crippen LogP contribution in [0.1, 0.15) is 17.2 Å². The summed E-state index contributed by atoms with van der Waals surface area (Å²) in [5, 5.41) is 5.95. The lowest BCUT2D eigenvalue weighted by atomic mass is 10.1. The van der Waals surface area contributed by atoms with Crippen molar-refractivity contribution < 1.29 is 14.3 Å². The molecule has 2 amide bonds. The number of carbonyl (C=O) groups is 2. The lowest BCUT2D eigenvalue weighted by Gasteiger charge is -2.18. The largest absolute Gasteiger partial charge is 0.431 e. The first-order chi connectivity index (χ1) is 17.0. The van der Waals surface area contributed by atoms with Crippen molar-refractivity contribution in [2.75, 3.05) is 5.32 Å². The minimum Gasteiger partial charge on any atom is -0.431 e. The average molecular weight is 488 g/mol. The second-order valence-electron chi connectivity index (χ2n) is 7.62. The van der Waals surface area contributed by atoms with Crippen LogP contribution >= 0.6 is 11.6 Å². The fourth-order valence-electron chi connectivity index (χ4n) is 3.39. The number of anilines is 1. The van der Waals surface area contributed by atoms with Gasteiger partial charge in [-0.25, -0.2) is 4.79 Å². The first-order valence-electron chi connectivity index (χ1n) is 10.8. The van der Waals surface area contributed by atoms with Gasteiger partial charge in [0, 0.05) is 40.8 Å². The molecule has 1 unspecified atom stereocenters. The molecule has 35 heavy (non-hydrogen) atoms. The van der Waals surface area contributed by atoms with Crippen LogP contribution in [0, 0.1) is 0 Å². The van der Waals surface area contributed by atoms with Gasteiger partial charge in [0.05, 0.1) is 0 Å². The summed E-state index contributed by atoms with van der Waals surface area (Å²) in [7, 11) is 0. The molecule has 0 aliphatic heterocycles. The summed E-state index contributed by atoms with van der Waals surface area (Å²) in [6, 6.07) is 27.5. The highest BCUT2D eigenvalue weighted by Crippen LogP contribution is 2.20. The van der Waals surface area contributed by atoms with Crippen LogP contribution in [-0.4, -0.2) is 16.6 Å². The van der Waals surface area contributed by atoms with Crippen LogP contribution in [0.4, 0.5) is 10.5 Å². The van der Waals surface area contributed by atoms with Gasteiger partial charge in [-0.15, -0.1) is 0 Å². The lowest BCUT2D eigenvalue weighted by molar-refractivity contribution is -0.129. The predicted molar refractivity (Wildman–Crippen MR) is 135 cm³/mol. The number of halogens is 1. The molecule has 0 spiro atoms. The third kappa shape index (κ3) is 6.37. The molecule has 1 atom stereocenters. The van der Waals surface area contributed by atoms with Crippen molar-refractivity contribution in [3.8, 4) is 5.69 Å². The molecule has 8 heteroatoms. The second-order valence-corrected chi connectivity index (χ2v) is 8.06. The molecule has 4 rings (SSSR count). The highest BCUT2D eigenvalue weighted by Gasteiger charge is 2.25. The Morgan fingerprint density at radius 1 is 0.857 bits per heavy atom. The number of hydrogen-bond acceptors (Lipinski definition) is 4. The molecular weight excluding hydrogens is 466 g/mol. The highest BCUT2D eigenvalue weighted by atomic mass is 35.5. The van der Waals surface area contributed by atoms with Crippen LogP contribution in [0.15, 0.2) is 108 Å². The van der Waals surface area contributed by atoms with Crippen LogP contribution in [0.5, 0.6) is 0 Å². The standard InChI is InChI=1S/C27H22ClN3O4/c28-21-11-13-22(14-12-21)30-27(34)35-25(20-6-2-1-3-7-20)26(33)29-18-19-9-15-23(16-10-19)31-17-5-4-8-24(31)32/h1-17,25H,18H2,(H,29,33)(H,30,34). The topological polar surface area (TPSA) is 89.4 Å².